The maximum Gasteiger partial charge on any atom is 0.307 e. The van der Waals surface area contributed by atoms with E-state index in [-0.39, 0.29) is 6.42 Å². The highest BCUT2D eigenvalue weighted by molar-refractivity contribution is 5.73. The van der Waals surface area contributed by atoms with Crippen LogP contribution in [0.2, 0.25) is 0 Å². The molecule has 0 bridgehead atoms. The molecule has 0 saturated carbocycles. The number of aliphatic carboxylic acids is 1. The van der Waals surface area contributed by atoms with Crippen LogP contribution >= 0.6 is 0 Å². The maximum atomic E-state index is 10.8. The summed E-state index contributed by atoms with van der Waals surface area (Å²) >= 11 is 0. The highest BCUT2D eigenvalue weighted by atomic mass is 16.4. The molecule has 0 amide bonds. The van der Waals surface area contributed by atoms with Gasteiger partial charge in [0.1, 0.15) is 0 Å². The molecule has 4 heteroatoms. The molecule has 0 radical (unpaired) electrons. The fourth-order valence-electron chi connectivity index (χ4n) is 2.29. The van der Waals surface area contributed by atoms with Crippen LogP contribution in [-0.2, 0) is 11.2 Å². The summed E-state index contributed by atoms with van der Waals surface area (Å²) in [5.41, 5.74) is 4.92. The molecule has 0 aliphatic carbocycles. The highest BCUT2D eigenvalue weighted by Crippen LogP contribution is 2.24. The summed E-state index contributed by atoms with van der Waals surface area (Å²) in [5.74, 6) is -0.818. The molecule has 0 spiro atoms. The predicted molar refractivity (Wildman–Crippen MR) is 80.8 cm³/mol. The molecule has 0 aliphatic rings. The van der Waals surface area contributed by atoms with Crippen molar-refractivity contribution < 1.29 is 9.90 Å². The number of hydrogen-bond acceptors (Lipinski definition) is 2. The van der Waals surface area contributed by atoms with E-state index in [1.807, 2.05) is 48.5 Å². The predicted octanol–water partition coefficient (Wildman–Crippen LogP) is 3.37. The summed E-state index contributed by atoms with van der Waals surface area (Å²) in [7, 11) is 0. The van der Waals surface area contributed by atoms with Crippen molar-refractivity contribution in [3.05, 3.63) is 66.6 Å². The number of aromatic nitrogens is 2. The van der Waals surface area contributed by atoms with E-state index in [1.54, 1.807) is 12.5 Å². The Balaban J connectivity index is 1.88. The molecule has 2 aromatic carbocycles. The van der Waals surface area contributed by atoms with Crippen LogP contribution in [0.3, 0.4) is 0 Å². The Bertz CT molecular complexity index is 747. The maximum absolute atomic E-state index is 10.8. The molecule has 2 N–H and O–H groups in total. The SMILES string of the molecule is O=C(O)Cc1cccc(-c2ccc(-c3cnc[nH]3)cc2)c1. The minimum atomic E-state index is -0.818. The third-order valence-corrected chi connectivity index (χ3v) is 3.31. The van der Waals surface area contributed by atoms with Crippen LogP contribution in [0.4, 0.5) is 0 Å². The lowest BCUT2D eigenvalue weighted by Gasteiger charge is -2.05. The number of imidazole rings is 1. The minimum absolute atomic E-state index is 0.0417. The highest BCUT2D eigenvalue weighted by Gasteiger charge is 2.04. The second-order valence-electron chi connectivity index (χ2n) is 4.81. The second-order valence-corrected chi connectivity index (χ2v) is 4.81. The van der Waals surface area contributed by atoms with E-state index in [0.29, 0.717) is 0 Å². The molecule has 21 heavy (non-hydrogen) atoms. The Morgan fingerprint density at radius 2 is 1.81 bits per heavy atom. The number of carboxylic acid groups (broad SMARTS) is 1. The molecule has 1 heterocycles. The summed E-state index contributed by atoms with van der Waals surface area (Å²) in [6.07, 6.45) is 3.47. The average molecular weight is 278 g/mol. The van der Waals surface area contributed by atoms with Gasteiger partial charge in [-0.15, -0.1) is 0 Å². The number of aromatic amines is 1. The van der Waals surface area contributed by atoms with Gasteiger partial charge in [0.05, 0.1) is 24.6 Å². The molecule has 104 valence electrons. The van der Waals surface area contributed by atoms with Crippen molar-refractivity contribution in [1.82, 2.24) is 9.97 Å². The first-order valence-electron chi connectivity index (χ1n) is 6.62. The number of carboxylic acids is 1. The fraction of sp³-hybridized carbons (Fsp3) is 0.0588. The largest absolute Gasteiger partial charge is 0.481 e. The van der Waals surface area contributed by atoms with Crippen molar-refractivity contribution in [3.63, 3.8) is 0 Å². The summed E-state index contributed by atoms with van der Waals surface area (Å²) < 4.78 is 0. The van der Waals surface area contributed by atoms with E-state index in [2.05, 4.69) is 9.97 Å². The standard InChI is InChI=1S/C17H14N2O2/c20-17(21)9-12-2-1-3-15(8-12)13-4-6-14(7-5-13)16-10-18-11-19-16/h1-8,10-11H,9H2,(H,18,19)(H,20,21). The van der Waals surface area contributed by atoms with Crippen LogP contribution in [0.1, 0.15) is 5.56 Å². The molecule has 0 aliphatic heterocycles. The quantitative estimate of drug-likeness (QED) is 0.769. The molecule has 0 fully saturated rings. The van der Waals surface area contributed by atoms with Crippen LogP contribution in [0.25, 0.3) is 22.4 Å². The summed E-state index contributed by atoms with van der Waals surface area (Å²) in [4.78, 5) is 17.9. The van der Waals surface area contributed by atoms with Gasteiger partial charge in [0.2, 0.25) is 0 Å². The van der Waals surface area contributed by atoms with Crippen LogP contribution in [0, 0.1) is 0 Å². The van der Waals surface area contributed by atoms with E-state index >= 15 is 0 Å². The molecule has 3 rings (SSSR count). The molecule has 4 nitrogen and oxygen atoms in total. The zero-order chi connectivity index (χ0) is 14.7. The van der Waals surface area contributed by atoms with E-state index in [1.165, 1.54) is 0 Å². The van der Waals surface area contributed by atoms with Crippen molar-refractivity contribution in [2.24, 2.45) is 0 Å². The lowest BCUT2D eigenvalue weighted by atomic mass is 10.0. The first-order valence-corrected chi connectivity index (χ1v) is 6.62. The molecule has 0 saturated heterocycles. The molecular formula is C17H14N2O2. The van der Waals surface area contributed by atoms with Gasteiger partial charge in [0, 0.05) is 0 Å². The van der Waals surface area contributed by atoms with E-state index in [9.17, 15) is 4.79 Å². The van der Waals surface area contributed by atoms with Gasteiger partial charge in [-0.25, -0.2) is 4.98 Å². The Hall–Kier alpha value is -2.88. The first kappa shape index (κ1) is 13.1. The van der Waals surface area contributed by atoms with Gasteiger partial charge in [0.15, 0.2) is 0 Å². The molecular weight excluding hydrogens is 264 g/mol. The summed E-state index contributed by atoms with van der Waals surface area (Å²) in [6.45, 7) is 0. The van der Waals surface area contributed by atoms with Crippen molar-refractivity contribution in [1.29, 1.82) is 0 Å². The van der Waals surface area contributed by atoms with Gasteiger partial charge in [0.25, 0.3) is 0 Å². The average Bonchev–Trinajstić information content (AvgIpc) is 3.01. The molecule has 0 atom stereocenters. The monoisotopic (exact) mass is 278 g/mol. The molecule has 0 unspecified atom stereocenters. The number of rotatable bonds is 4. The van der Waals surface area contributed by atoms with Gasteiger partial charge in [-0.2, -0.15) is 0 Å². The van der Waals surface area contributed by atoms with E-state index < -0.39 is 5.97 Å². The normalized spacial score (nSPS) is 10.5. The lowest BCUT2D eigenvalue weighted by Crippen LogP contribution is -1.99. The number of H-pyrrole nitrogens is 1. The number of nitrogens with zero attached hydrogens (tertiary/aromatic N) is 1. The lowest BCUT2D eigenvalue weighted by molar-refractivity contribution is -0.136. The number of hydrogen-bond donors (Lipinski definition) is 2. The smallest absolute Gasteiger partial charge is 0.307 e. The number of carbonyl (C=O) groups is 1. The molecule has 3 aromatic rings. The first-order chi connectivity index (χ1) is 10.2. The minimum Gasteiger partial charge on any atom is -0.481 e. The Morgan fingerprint density at radius 3 is 2.48 bits per heavy atom. The van der Waals surface area contributed by atoms with E-state index in [0.717, 1.165) is 27.9 Å². The fourth-order valence-corrected chi connectivity index (χ4v) is 2.29. The number of nitrogens with one attached hydrogen (secondary N) is 1. The van der Waals surface area contributed by atoms with Crippen LogP contribution in [0.5, 0.6) is 0 Å². The zero-order valence-corrected chi connectivity index (χ0v) is 11.3. The van der Waals surface area contributed by atoms with Gasteiger partial charge < -0.3 is 10.1 Å². The molecule has 1 aromatic heterocycles. The Morgan fingerprint density at radius 1 is 1.05 bits per heavy atom. The van der Waals surface area contributed by atoms with Gasteiger partial charge in [-0.05, 0) is 22.3 Å². The van der Waals surface area contributed by atoms with Gasteiger partial charge in [-0.3, -0.25) is 4.79 Å². The number of benzene rings is 2. The third-order valence-electron chi connectivity index (χ3n) is 3.31. The van der Waals surface area contributed by atoms with Crippen molar-refractivity contribution in [3.8, 4) is 22.4 Å². The van der Waals surface area contributed by atoms with Crippen LogP contribution in [-0.4, -0.2) is 21.0 Å². The van der Waals surface area contributed by atoms with Crippen LogP contribution < -0.4 is 0 Å². The summed E-state index contributed by atoms with van der Waals surface area (Å²) in [5, 5.41) is 8.86. The van der Waals surface area contributed by atoms with Crippen molar-refractivity contribution in [2.45, 2.75) is 6.42 Å². The zero-order valence-electron chi connectivity index (χ0n) is 11.3. The van der Waals surface area contributed by atoms with Crippen molar-refractivity contribution >= 4 is 5.97 Å². The Labute approximate surface area is 122 Å². The topological polar surface area (TPSA) is 66.0 Å². The third kappa shape index (κ3) is 3.00. The Kier molecular flexibility index (Phi) is 3.51. The van der Waals surface area contributed by atoms with Gasteiger partial charge in [-0.1, -0.05) is 48.5 Å². The van der Waals surface area contributed by atoms with Crippen molar-refractivity contribution in [2.75, 3.05) is 0 Å². The van der Waals surface area contributed by atoms with E-state index in [4.69, 9.17) is 5.11 Å². The summed E-state index contributed by atoms with van der Waals surface area (Å²) in [6, 6.07) is 15.7. The van der Waals surface area contributed by atoms with Crippen LogP contribution in [0.15, 0.2) is 61.1 Å². The second kappa shape index (κ2) is 5.63. The van der Waals surface area contributed by atoms with Gasteiger partial charge >= 0.3 is 5.97 Å².